The van der Waals surface area contributed by atoms with Crippen LogP contribution in [-0.2, 0) is 11.3 Å². The van der Waals surface area contributed by atoms with Crippen LogP contribution in [0.2, 0.25) is 0 Å². The Morgan fingerprint density at radius 1 is 1.32 bits per heavy atom. The predicted octanol–water partition coefficient (Wildman–Crippen LogP) is 2.45. The summed E-state index contributed by atoms with van der Waals surface area (Å²) in [5, 5.41) is 6.54. The number of guanidine groups is 1. The van der Waals surface area contributed by atoms with E-state index in [2.05, 4.69) is 48.5 Å². The molecule has 0 bridgehead atoms. The SMILES string of the molecule is Cc1ccc(CNC(=NCC(=O)N(C)C)NCC(C)C)s1.I. The van der Waals surface area contributed by atoms with Crippen LogP contribution in [0.5, 0.6) is 0 Å². The Morgan fingerprint density at radius 3 is 2.50 bits per heavy atom. The molecule has 7 heteroatoms. The third-order valence-electron chi connectivity index (χ3n) is 2.78. The first-order valence-corrected chi connectivity index (χ1v) is 7.97. The fourth-order valence-corrected chi connectivity index (χ4v) is 2.34. The van der Waals surface area contributed by atoms with Gasteiger partial charge in [-0.1, -0.05) is 13.8 Å². The molecule has 0 aromatic carbocycles. The van der Waals surface area contributed by atoms with Crippen LogP contribution >= 0.6 is 35.3 Å². The van der Waals surface area contributed by atoms with Gasteiger partial charge in [0.05, 0.1) is 6.54 Å². The van der Waals surface area contributed by atoms with Crippen molar-refractivity contribution in [3.8, 4) is 0 Å². The first-order chi connectivity index (χ1) is 9.88. The smallest absolute Gasteiger partial charge is 0.243 e. The second-order valence-electron chi connectivity index (χ2n) is 5.59. The zero-order chi connectivity index (χ0) is 15.8. The van der Waals surface area contributed by atoms with E-state index in [9.17, 15) is 4.79 Å². The number of nitrogens with zero attached hydrogens (tertiary/aromatic N) is 2. The lowest BCUT2D eigenvalue weighted by Gasteiger charge is -2.14. The molecule has 0 unspecified atom stereocenters. The van der Waals surface area contributed by atoms with Gasteiger partial charge in [-0.05, 0) is 25.0 Å². The Bertz CT molecular complexity index is 486. The third kappa shape index (κ3) is 8.57. The van der Waals surface area contributed by atoms with Crippen molar-refractivity contribution in [3.63, 3.8) is 0 Å². The molecule has 0 radical (unpaired) electrons. The topological polar surface area (TPSA) is 56.7 Å². The molecule has 0 aliphatic heterocycles. The van der Waals surface area contributed by atoms with Crippen LogP contribution in [-0.4, -0.2) is 44.0 Å². The number of carbonyl (C=O) groups is 1. The monoisotopic (exact) mass is 438 g/mol. The molecule has 0 saturated heterocycles. The number of hydrogen-bond donors (Lipinski definition) is 2. The highest BCUT2D eigenvalue weighted by Gasteiger charge is 2.06. The Hall–Kier alpha value is -0.830. The van der Waals surface area contributed by atoms with Gasteiger partial charge in [-0.15, -0.1) is 35.3 Å². The van der Waals surface area contributed by atoms with Crippen LogP contribution in [0.3, 0.4) is 0 Å². The molecule has 126 valence electrons. The molecule has 5 nitrogen and oxygen atoms in total. The van der Waals surface area contributed by atoms with Gasteiger partial charge < -0.3 is 15.5 Å². The van der Waals surface area contributed by atoms with E-state index in [0.717, 1.165) is 13.1 Å². The van der Waals surface area contributed by atoms with Gasteiger partial charge in [0, 0.05) is 30.4 Å². The first-order valence-electron chi connectivity index (χ1n) is 7.16. The minimum atomic E-state index is -0.00684. The number of rotatable bonds is 6. The van der Waals surface area contributed by atoms with E-state index in [0.29, 0.717) is 11.9 Å². The third-order valence-corrected chi connectivity index (χ3v) is 3.78. The lowest BCUT2D eigenvalue weighted by atomic mass is 10.2. The Morgan fingerprint density at radius 2 is 2.00 bits per heavy atom. The molecule has 1 rings (SSSR count). The molecule has 0 fully saturated rings. The highest BCUT2D eigenvalue weighted by atomic mass is 127. The van der Waals surface area contributed by atoms with Gasteiger partial charge in [0.25, 0.3) is 0 Å². The van der Waals surface area contributed by atoms with Gasteiger partial charge in [0.15, 0.2) is 5.96 Å². The lowest BCUT2D eigenvalue weighted by Crippen LogP contribution is -2.39. The van der Waals surface area contributed by atoms with Gasteiger partial charge in [0.2, 0.25) is 5.91 Å². The van der Waals surface area contributed by atoms with Crippen molar-refractivity contribution >= 4 is 47.2 Å². The van der Waals surface area contributed by atoms with Gasteiger partial charge in [-0.3, -0.25) is 4.79 Å². The number of aryl methyl sites for hydroxylation is 1. The number of likely N-dealkylation sites (N-methyl/N-ethyl adjacent to an activating group) is 1. The molecule has 22 heavy (non-hydrogen) atoms. The highest BCUT2D eigenvalue weighted by molar-refractivity contribution is 14.0. The van der Waals surface area contributed by atoms with E-state index in [1.165, 1.54) is 9.75 Å². The number of carbonyl (C=O) groups excluding carboxylic acids is 1. The number of halogens is 1. The van der Waals surface area contributed by atoms with Crippen molar-refractivity contribution < 1.29 is 4.79 Å². The zero-order valence-corrected chi connectivity index (χ0v) is 17.1. The largest absolute Gasteiger partial charge is 0.356 e. The van der Waals surface area contributed by atoms with Crippen molar-refractivity contribution in [2.24, 2.45) is 10.9 Å². The molecule has 1 heterocycles. The van der Waals surface area contributed by atoms with Gasteiger partial charge in [0.1, 0.15) is 6.54 Å². The van der Waals surface area contributed by atoms with Crippen molar-refractivity contribution in [3.05, 3.63) is 21.9 Å². The fourth-order valence-electron chi connectivity index (χ4n) is 1.51. The molecule has 0 atom stereocenters. The van der Waals surface area contributed by atoms with Crippen molar-refractivity contribution in [1.82, 2.24) is 15.5 Å². The minimum absolute atomic E-state index is 0. The van der Waals surface area contributed by atoms with Crippen LogP contribution in [0.15, 0.2) is 17.1 Å². The summed E-state index contributed by atoms with van der Waals surface area (Å²) in [5.74, 6) is 1.20. The van der Waals surface area contributed by atoms with Crippen molar-refractivity contribution in [2.45, 2.75) is 27.3 Å². The summed E-state index contributed by atoms with van der Waals surface area (Å²) < 4.78 is 0. The second kappa shape index (κ2) is 10.8. The highest BCUT2D eigenvalue weighted by Crippen LogP contribution is 2.14. The average Bonchev–Trinajstić information content (AvgIpc) is 2.82. The van der Waals surface area contributed by atoms with Crippen LogP contribution in [0, 0.1) is 12.8 Å². The van der Waals surface area contributed by atoms with Crippen LogP contribution in [0.4, 0.5) is 0 Å². The fraction of sp³-hybridized carbons (Fsp3) is 0.600. The zero-order valence-electron chi connectivity index (χ0n) is 14.0. The normalized spacial score (nSPS) is 11.1. The van der Waals surface area contributed by atoms with Crippen molar-refractivity contribution in [1.29, 1.82) is 0 Å². The van der Waals surface area contributed by atoms with E-state index in [-0.39, 0.29) is 36.4 Å². The van der Waals surface area contributed by atoms with E-state index >= 15 is 0 Å². The number of thiophene rings is 1. The Labute approximate surface area is 154 Å². The molecular weight excluding hydrogens is 411 g/mol. The number of amides is 1. The predicted molar refractivity (Wildman–Crippen MR) is 105 cm³/mol. The molecule has 0 spiro atoms. The van der Waals surface area contributed by atoms with Gasteiger partial charge in [-0.2, -0.15) is 0 Å². The summed E-state index contributed by atoms with van der Waals surface area (Å²) in [6.45, 7) is 8.07. The van der Waals surface area contributed by atoms with Crippen LogP contribution in [0.1, 0.15) is 23.6 Å². The Balaban J connectivity index is 0.00000441. The maximum atomic E-state index is 11.6. The maximum Gasteiger partial charge on any atom is 0.243 e. The van der Waals surface area contributed by atoms with Crippen LogP contribution < -0.4 is 10.6 Å². The molecular formula is C15H27IN4OS. The molecule has 0 saturated carbocycles. The standard InChI is InChI=1S/C15H26N4OS.HI/c1-11(2)8-16-15(18-10-14(20)19(4)5)17-9-13-7-6-12(3)21-13;/h6-7,11H,8-10H2,1-5H3,(H2,16,17,18);1H. The second-order valence-corrected chi connectivity index (χ2v) is 6.97. The number of hydrogen-bond acceptors (Lipinski definition) is 3. The molecule has 1 aromatic rings. The maximum absolute atomic E-state index is 11.6. The molecule has 1 aromatic heterocycles. The quantitative estimate of drug-likeness (QED) is 0.408. The molecule has 0 aliphatic rings. The summed E-state index contributed by atoms with van der Waals surface area (Å²) in [5.41, 5.74) is 0. The molecule has 0 aliphatic carbocycles. The first kappa shape index (κ1) is 21.2. The van der Waals surface area contributed by atoms with Crippen molar-refractivity contribution in [2.75, 3.05) is 27.2 Å². The lowest BCUT2D eigenvalue weighted by molar-refractivity contribution is -0.127. The van der Waals surface area contributed by atoms with E-state index in [4.69, 9.17) is 0 Å². The number of aliphatic imine (C=N–C) groups is 1. The summed E-state index contributed by atoms with van der Waals surface area (Å²) in [6, 6.07) is 4.22. The van der Waals surface area contributed by atoms with Crippen LogP contribution in [0.25, 0.3) is 0 Å². The summed E-state index contributed by atoms with van der Waals surface area (Å²) in [4.78, 5) is 20.1. The van der Waals surface area contributed by atoms with Gasteiger partial charge in [-0.25, -0.2) is 4.99 Å². The minimum Gasteiger partial charge on any atom is -0.356 e. The number of nitrogens with one attached hydrogen (secondary N) is 2. The molecule has 2 N–H and O–H groups in total. The van der Waals surface area contributed by atoms with Gasteiger partial charge >= 0.3 is 0 Å². The summed E-state index contributed by atoms with van der Waals surface area (Å²) in [7, 11) is 3.47. The van der Waals surface area contributed by atoms with E-state index < -0.39 is 0 Å². The van der Waals surface area contributed by atoms with E-state index in [1.807, 2.05) is 0 Å². The van der Waals surface area contributed by atoms with E-state index in [1.54, 1.807) is 30.3 Å². The Kier molecular flexibility index (Phi) is 10.4. The average molecular weight is 438 g/mol. The summed E-state index contributed by atoms with van der Waals surface area (Å²) in [6.07, 6.45) is 0. The molecule has 1 amide bonds. The summed E-state index contributed by atoms with van der Waals surface area (Å²) >= 11 is 1.76.